The Morgan fingerprint density at radius 2 is 2.09 bits per heavy atom. The van der Waals surface area contributed by atoms with Crippen LogP contribution >= 0.6 is 23.4 Å². The molecule has 0 aliphatic rings. The summed E-state index contributed by atoms with van der Waals surface area (Å²) in [6.07, 6.45) is 3.44. The van der Waals surface area contributed by atoms with Crippen LogP contribution in [-0.4, -0.2) is 19.7 Å². The van der Waals surface area contributed by atoms with E-state index in [1.165, 1.54) is 11.8 Å². The van der Waals surface area contributed by atoms with Gasteiger partial charge in [0.15, 0.2) is 10.9 Å². The quantitative estimate of drug-likeness (QED) is 0.541. The first kappa shape index (κ1) is 15.6. The van der Waals surface area contributed by atoms with E-state index in [0.29, 0.717) is 40.1 Å². The van der Waals surface area contributed by atoms with Crippen molar-refractivity contribution in [1.29, 1.82) is 0 Å². The summed E-state index contributed by atoms with van der Waals surface area (Å²) < 4.78 is 7.53. The number of hydrogen-bond donors (Lipinski definition) is 1. The van der Waals surface area contributed by atoms with Crippen molar-refractivity contribution in [2.24, 2.45) is 0 Å². The number of allylic oxidation sites excluding steroid dienone is 1. The van der Waals surface area contributed by atoms with Crippen molar-refractivity contribution in [2.45, 2.75) is 17.5 Å². The molecule has 0 atom stereocenters. The summed E-state index contributed by atoms with van der Waals surface area (Å²) >= 11 is 7.34. The molecule has 0 bridgehead atoms. The first-order valence-corrected chi connectivity index (χ1v) is 8.16. The third-order valence-electron chi connectivity index (χ3n) is 3.06. The Hall–Kier alpha value is -2.25. The molecule has 2 N–H and O–H groups in total. The number of hydrogen-bond acceptors (Lipinski definition) is 6. The monoisotopic (exact) mass is 347 g/mol. The van der Waals surface area contributed by atoms with Crippen molar-refractivity contribution in [3.63, 3.8) is 0 Å². The van der Waals surface area contributed by atoms with Crippen LogP contribution in [0.1, 0.15) is 5.89 Å². The molecule has 23 heavy (non-hydrogen) atoms. The lowest BCUT2D eigenvalue weighted by Crippen LogP contribution is -2.03. The fourth-order valence-electron chi connectivity index (χ4n) is 1.96. The highest BCUT2D eigenvalue weighted by atomic mass is 35.5. The zero-order valence-corrected chi connectivity index (χ0v) is 13.7. The van der Waals surface area contributed by atoms with Crippen LogP contribution in [0.15, 0.2) is 52.7 Å². The summed E-state index contributed by atoms with van der Waals surface area (Å²) in [4.78, 5) is 4.28. The zero-order valence-electron chi connectivity index (χ0n) is 12.1. The van der Waals surface area contributed by atoms with Crippen LogP contribution in [0.2, 0.25) is 5.02 Å². The van der Waals surface area contributed by atoms with E-state index in [9.17, 15) is 0 Å². The van der Waals surface area contributed by atoms with Crippen LogP contribution in [0, 0.1) is 0 Å². The third-order valence-corrected chi connectivity index (χ3v) is 4.27. The number of nitrogens with two attached hydrogens (primary N) is 1. The molecule has 6 nitrogen and oxygen atoms in total. The molecule has 1 aromatic carbocycles. The topological polar surface area (TPSA) is 82.8 Å². The maximum Gasteiger partial charge on any atom is 0.222 e. The third kappa shape index (κ3) is 3.57. The lowest BCUT2D eigenvalue weighted by molar-refractivity contribution is 0.529. The maximum absolute atomic E-state index is 5.88. The van der Waals surface area contributed by atoms with Crippen LogP contribution in [0.3, 0.4) is 0 Å². The van der Waals surface area contributed by atoms with Crippen LogP contribution in [0.25, 0.3) is 11.3 Å². The molecule has 2 aromatic heterocycles. The molecule has 0 spiro atoms. The number of rotatable bonds is 6. The Morgan fingerprint density at radius 3 is 2.83 bits per heavy atom. The highest BCUT2D eigenvalue weighted by Gasteiger charge is 2.12. The van der Waals surface area contributed by atoms with Gasteiger partial charge < -0.3 is 10.2 Å². The molecule has 0 saturated carbocycles. The van der Waals surface area contributed by atoms with Gasteiger partial charge >= 0.3 is 0 Å². The minimum Gasteiger partial charge on any atom is -0.440 e. The number of nitrogens with zero attached hydrogens (tertiary/aromatic N) is 4. The highest BCUT2D eigenvalue weighted by Crippen LogP contribution is 2.26. The lowest BCUT2D eigenvalue weighted by Gasteiger charge is -2.03. The van der Waals surface area contributed by atoms with E-state index >= 15 is 0 Å². The van der Waals surface area contributed by atoms with Gasteiger partial charge in [-0.3, -0.25) is 4.57 Å². The van der Waals surface area contributed by atoms with Gasteiger partial charge in [0.25, 0.3) is 0 Å². The van der Waals surface area contributed by atoms with E-state index in [0.717, 1.165) is 5.56 Å². The number of aromatic nitrogens is 4. The number of halogens is 1. The molecule has 3 rings (SSSR count). The van der Waals surface area contributed by atoms with E-state index in [2.05, 4.69) is 21.8 Å². The maximum atomic E-state index is 5.88. The lowest BCUT2D eigenvalue weighted by atomic mass is 10.2. The van der Waals surface area contributed by atoms with Crippen molar-refractivity contribution in [2.75, 3.05) is 5.73 Å². The minimum atomic E-state index is 0.363. The van der Waals surface area contributed by atoms with Gasteiger partial charge in [0.05, 0.1) is 11.9 Å². The van der Waals surface area contributed by atoms with Gasteiger partial charge in [-0.1, -0.05) is 29.4 Å². The standard InChI is InChI=1S/C15H14ClN5OS/c1-2-7-21-14(17)19-20-15(21)23-9-13-18-8-12(22-13)10-3-5-11(16)6-4-10/h2-6,8H,1,7,9H2,(H2,17,19). The van der Waals surface area contributed by atoms with Gasteiger partial charge in [-0.2, -0.15) is 0 Å². The van der Waals surface area contributed by atoms with Gasteiger partial charge in [0.1, 0.15) is 0 Å². The largest absolute Gasteiger partial charge is 0.440 e. The number of oxazole rings is 1. The summed E-state index contributed by atoms with van der Waals surface area (Å²) in [6, 6.07) is 7.41. The molecule has 0 aliphatic heterocycles. The normalized spacial score (nSPS) is 10.8. The minimum absolute atomic E-state index is 0.363. The fraction of sp³-hybridized carbons (Fsp3) is 0.133. The van der Waals surface area contributed by atoms with Gasteiger partial charge in [-0.15, -0.1) is 16.8 Å². The molecule has 0 saturated heterocycles. The molecular weight excluding hydrogens is 334 g/mol. The van der Waals surface area contributed by atoms with Gasteiger partial charge in [0, 0.05) is 17.1 Å². The van der Waals surface area contributed by atoms with E-state index in [1.54, 1.807) is 16.8 Å². The Labute approximate surface area is 142 Å². The van der Waals surface area contributed by atoms with E-state index in [1.807, 2.05) is 24.3 Å². The summed E-state index contributed by atoms with van der Waals surface area (Å²) in [5.41, 5.74) is 6.70. The van der Waals surface area contributed by atoms with Gasteiger partial charge in [0.2, 0.25) is 11.8 Å². The Bertz CT molecular complexity index is 812. The molecule has 0 amide bonds. The molecule has 0 aliphatic carbocycles. The zero-order chi connectivity index (χ0) is 16.2. The molecule has 2 heterocycles. The second-order valence-corrected chi connectivity index (χ2v) is 6.03. The Balaban J connectivity index is 1.70. The smallest absolute Gasteiger partial charge is 0.222 e. The number of nitrogen functional groups attached to an aromatic ring is 1. The second kappa shape index (κ2) is 6.89. The van der Waals surface area contributed by atoms with Crippen molar-refractivity contribution in [3.8, 4) is 11.3 Å². The van der Waals surface area contributed by atoms with Crippen LogP contribution in [-0.2, 0) is 12.3 Å². The van der Waals surface area contributed by atoms with E-state index in [4.69, 9.17) is 21.8 Å². The fourth-order valence-corrected chi connectivity index (χ4v) is 2.89. The number of anilines is 1. The van der Waals surface area contributed by atoms with E-state index in [-0.39, 0.29) is 0 Å². The molecular formula is C15H14ClN5OS. The van der Waals surface area contributed by atoms with Crippen molar-refractivity contribution in [1.82, 2.24) is 19.7 Å². The van der Waals surface area contributed by atoms with Crippen LogP contribution < -0.4 is 5.73 Å². The predicted octanol–water partition coefficient (Wildman–Crippen LogP) is 3.65. The molecule has 118 valence electrons. The van der Waals surface area contributed by atoms with Gasteiger partial charge in [-0.25, -0.2) is 4.98 Å². The molecule has 0 unspecified atom stereocenters. The SMILES string of the molecule is C=CCn1c(N)nnc1SCc1ncc(-c2ccc(Cl)cc2)o1. The average Bonchev–Trinajstić information content (AvgIpc) is 3.15. The summed E-state index contributed by atoms with van der Waals surface area (Å²) in [6.45, 7) is 4.26. The number of thioether (sulfide) groups is 1. The first-order chi connectivity index (χ1) is 11.2. The summed E-state index contributed by atoms with van der Waals surface area (Å²) in [7, 11) is 0. The second-order valence-electron chi connectivity index (χ2n) is 4.65. The van der Waals surface area contributed by atoms with Crippen molar-refractivity contribution in [3.05, 3.63) is 54.0 Å². The van der Waals surface area contributed by atoms with E-state index < -0.39 is 0 Å². The average molecular weight is 348 g/mol. The molecule has 0 radical (unpaired) electrons. The van der Waals surface area contributed by atoms with Crippen LogP contribution in [0.5, 0.6) is 0 Å². The van der Waals surface area contributed by atoms with Crippen molar-refractivity contribution >= 4 is 29.3 Å². The van der Waals surface area contributed by atoms with Gasteiger partial charge in [-0.05, 0) is 24.3 Å². The molecule has 0 fully saturated rings. The Kier molecular flexibility index (Phi) is 4.68. The predicted molar refractivity (Wildman–Crippen MR) is 91.1 cm³/mol. The molecule has 3 aromatic rings. The number of benzene rings is 1. The summed E-state index contributed by atoms with van der Waals surface area (Å²) in [5, 5.41) is 9.30. The first-order valence-electron chi connectivity index (χ1n) is 6.80. The van der Waals surface area contributed by atoms with Crippen molar-refractivity contribution < 1.29 is 4.42 Å². The molecule has 8 heteroatoms. The Morgan fingerprint density at radius 1 is 1.30 bits per heavy atom. The van der Waals surface area contributed by atoms with Crippen LogP contribution in [0.4, 0.5) is 5.95 Å². The highest BCUT2D eigenvalue weighted by molar-refractivity contribution is 7.98. The summed E-state index contributed by atoms with van der Waals surface area (Å²) in [5.74, 6) is 2.20.